The van der Waals surface area contributed by atoms with Crippen molar-refractivity contribution in [3.8, 4) is 0 Å². The number of hydrogen-bond acceptors (Lipinski definition) is 5. The molecule has 2 aliphatic rings. The van der Waals surface area contributed by atoms with E-state index in [1.807, 2.05) is 0 Å². The Hall–Kier alpha value is -1.10. The average molecular weight is 140 g/mol. The molecule has 5 nitrogen and oxygen atoms in total. The van der Waals surface area contributed by atoms with Crippen molar-refractivity contribution in [2.24, 2.45) is 16.0 Å². The van der Waals surface area contributed by atoms with Gasteiger partial charge in [-0.05, 0) is 0 Å². The maximum atomic E-state index is 9.09. The monoisotopic (exact) mass is 140 g/mol. The zero-order chi connectivity index (χ0) is 6.97. The summed E-state index contributed by atoms with van der Waals surface area (Å²) >= 11 is 0. The molecule has 10 heavy (non-hydrogen) atoms. The highest BCUT2D eigenvalue weighted by Crippen LogP contribution is 2.10. The highest BCUT2D eigenvalue weighted by molar-refractivity contribution is 5.94. The fourth-order valence-corrected chi connectivity index (χ4v) is 1.11. The molecule has 1 atom stereocenters. The van der Waals surface area contributed by atoms with Gasteiger partial charge >= 0.3 is 0 Å². The molecular formula is C5H8N4O. The predicted molar refractivity (Wildman–Crippen MR) is 35.9 cm³/mol. The van der Waals surface area contributed by atoms with Crippen LogP contribution in [-0.4, -0.2) is 35.5 Å². The summed E-state index contributed by atoms with van der Waals surface area (Å²) in [5.41, 5.74) is 2.80. The second-order valence-electron chi connectivity index (χ2n) is 2.35. The molecule has 0 aliphatic carbocycles. The number of aliphatic imine (C=N–C) groups is 1. The minimum atomic E-state index is 0.259. The first-order valence-electron chi connectivity index (χ1n) is 3.16. The summed E-state index contributed by atoms with van der Waals surface area (Å²) in [4.78, 5) is 3.93. The molecule has 0 radical (unpaired) electrons. The second kappa shape index (κ2) is 1.95. The normalized spacial score (nSPS) is 29.5. The zero-order valence-electron chi connectivity index (χ0n) is 5.36. The van der Waals surface area contributed by atoms with Gasteiger partial charge in [0.1, 0.15) is 6.34 Å². The molecule has 0 amide bonds. The van der Waals surface area contributed by atoms with Crippen molar-refractivity contribution in [3.63, 3.8) is 0 Å². The summed E-state index contributed by atoms with van der Waals surface area (Å²) in [5.74, 6) is 0.935. The molecule has 0 aromatic carbocycles. The molecule has 0 aromatic rings. The van der Waals surface area contributed by atoms with Crippen LogP contribution in [0, 0.1) is 5.92 Å². The number of nitrogens with one attached hydrogen (secondary N) is 1. The van der Waals surface area contributed by atoms with Crippen LogP contribution in [0.3, 0.4) is 0 Å². The standard InChI is InChI=1S/C5H8N4O/c10-9-3-6-1-4-2-7-8-5(4)9/h3-4,7,10H,1-2H2. The number of hydrogen-bond donors (Lipinski definition) is 2. The van der Waals surface area contributed by atoms with Gasteiger partial charge in [-0.25, -0.2) is 0 Å². The molecule has 2 aliphatic heterocycles. The van der Waals surface area contributed by atoms with Gasteiger partial charge in [0.25, 0.3) is 0 Å². The summed E-state index contributed by atoms with van der Waals surface area (Å²) in [6, 6.07) is 0. The van der Waals surface area contributed by atoms with Crippen LogP contribution in [0.5, 0.6) is 0 Å². The lowest BCUT2D eigenvalue weighted by molar-refractivity contribution is 0.0615. The Bertz CT molecular complexity index is 200. The molecule has 0 saturated carbocycles. The Balaban J connectivity index is 2.25. The van der Waals surface area contributed by atoms with E-state index in [2.05, 4.69) is 15.5 Å². The highest BCUT2D eigenvalue weighted by atomic mass is 16.5. The lowest BCUT2D eigenvalue weighted by atomic mass is 10.1. The van der Waals surface area contributed by atoms with Gasteiger partial charge in [0.05, 0.1) is 12.5 Å². The number of rotatable bonds is 0. The van der Waals surface area contributed by atoms with Crippen molar-refractivity contribution < 1.29 is 5.21 Å². The van der Waals surface area contributed by atoms with Crippen LogP contribution < -0.4 is 5.43 Å². The maximum Gasteiger partial charge on any atom is 0.162 e. The Labute approximate surface area is 58.0 Å². The van der Waals surface area contributed by atoms with E-state index >= 15 is 0 Å². The fourth-order valence-electron chi connectivity index (χ4n) is 1.11. The first-order chi connectivity index (χ1) is 4.88. The van der Waals surface area contributed by atoms with Crippen molar-refractivity contribution in [1.82, 2.24) is 10.5 Å². The lowest BCUT2D eigenvalue weighted by Gasteiger charge is -2.19. The molecule has 1 unspecified atom stereocenters. The van der Waals surface area contributed by atoms with Gasteiger partial charge in [0.15, 0.2) is 5.84 Å². The smallest absolute Gasteiger partial charge is 0.162 e. The highest BCUT2D eigenvalue weighted by Gasteiger charge is 2.27. The van der Waals surface area contributed by atoms with Crippen molar-refractivity contribution >= 4 is 12.2 Å². The van der Waals surface area contributed by atoms with Crippen LogP contribution >= 0.6 is 0 Å². The van der Waals surface area contributed by atoms with Crippen LogP contribution in [0.1, 0.15) is 0 Å². The van der Waals surface area contributed by atoms with Crippen molar-refractivity contribution in [2.75, 3.05) is 13.1 Å². The van der Waals surface area contributed by atoms with Crippen LogP contribution in [0.4, 0.5) is 0 Å². The number of amidine groups is 1. The van der Waals surface area contributed by atoms with Crippen LogP contribution in [-0.2, 0) is 0 Å². The summed E-state index contributed by atoms with van der Waals surface area (Å²) < 4.78 is 0. The van der Waals surface area contributed by atoms with Gasteiger partial charge < -0.3 is 5.43 Å². The zero-order valence-corrected chi connectivity index (χ0v) is 5.36. The molecule has 2 N–H and O–H groups in total. The molecule has 5 heteroatoms. The van der Waals surface area contributed by atoms with Crippen LogP contribution in [0.15, 0.2) is 10.1 Å². The van der Waals surface area contributed by atoms with E-state index in [0.717, 1.165) is 18.2 Å². The molecule has 0 saturated heterocycles. The molecule has 0 fully saturated rings. The van der Waals surface area contributed by atoms with E-state index in [1.165, 1.54) is 6.34 Å². The fraction of sp³-hybridized carbons (Fsp3) is 0.600. The van der Waals surface area contributed by atoms with E-state index in [1.54, 1.807) is 0 Å². The van der Waals surface area contributed by atoms with Gasteiger partial charge in [-0.1, -0.05) is 0 Å². The molecule has 2 heterocycles. The molecule has 0 bridgehead atoms. The maximum absolute atomic E-state index is 9.09. The molecule has 2 rings (SSSR count). The number of nitrogens with zero attached hydrogens (tertiary/aromatic N) is 3. The summed E-state index contributed by atoms with van der Waals surface area (Å²) in [5, 5.41) is 13.9. The minimum absolute atomic E-state index is 0.259. The first-order valence-corrected chi connectivity index (χ1v) is 3.16. The third-order valence-electron chi connectivity index (χ3n) is 1.65. The van der Waals surface area contributed by atoms with Crippen molar-refractivity contribution in [3.05, 3.63) is 0 Å². The quantitative estimate of drug-likeness (QED) is 0.465. The van der Waals surface area contributed by atoms with E-state index < -0.39 is 0 Å². The van der Waals surface area contributed by atoms with Crippen LogP contribution in [0.25, 0.3) is 0 Å². The van der Waals surface area contributed by atoms with Gasteiger partial charge in [0, 0.05) is 6.54 Å². The number of fused-ring (bicyclic) bond motifs is 1. The van der Waals surface area contributed by atoms with Crippen molar-refractivity contribution in [1.29, 1.82) is 0 Å². The largest absolute Gasteiger partial charge is 0.307 e. The predicted octanol–water partition coefficient (Wildman–Crippen LogP) is -0.748. The summed E-state index contributed by atoms with van der Waals surface area (Å²) in [6.45, 7) is 1.51. The van der Waals surface area contributed by atoms with Crippen LogP contribution in [0.2, 0.25) is 0 Å². The number of hydroxylamine groups is 2. The molecule has 0 spiro atoms. The second-order valence-corrected chi connectivity index (χ2v) is 2.35. The van der Waals surface area contributed by atoms with E-state index in [-0.39, 0.29) is 5.92 Å². The summed E-state index contributed by atoms with van der Waals surface area (Å²) in [7, 11) is 0. The Morgan fingerprint density at radius 2 is 2.70 bits per heavy atom. The third kappa shape index (κ3) is 0.672. The molecule has 54 valence electrons. The Kier molecular flexibility index (Phi) is 1.10. The topological polar surface area (TPSA) is 60.2 Å². The van der Waals surface area contributed by atoms with Crippen molar-refractivity contribution in [2.45, 2.75) is 0 Å². The SMILES string of the molecule is ON1C=NCC2CNN=C21. The molecular weight excluding hydrogens is 132 g/mol. The third-order valence-corrected chi connectivity index (χ3v) is 1.65. The van der Waals surface area contributed by atoms with E-state index in [4.69, 9.17) is 5.21 Å². The van der Waals surface area contributed by atoms with E-state index in [0.29, 0.717) is 5.84 Å². The Morgan fingerprint density at radius 3 is 3.50 bits per heavy atom. The minimum Gasteiger partial charge on any atom is -0.307 e. The van der Waals surface area contributed by atoms with E-state index in [9.17, 15) is 0 Å². The van der Waals surface area contributed by atoms with Gasteiger partial charge in [0.2, 0.25) is 0 Å². The van der Waals surface area contributed by atoms with Gasteiger partial charge in [-0.15, -0.1) is 0 Å². The lowest BCUT2D eigenvalue weighted by Crippen LogP contribution is -2.36. The molecule has 0 aromatic heterocycles. The number of hydrazone groups is 1. The summed E-state index contributed by atoms with van der Waals surface area (Å²) in [6.07, 6.45) is 1.38. The average Bonchev–Trinajstić information content (AvgIpc) is 2.36. The van der Waals surface area contributed by atoms with Gasteiger partial charge in [-0.2, -0.15) is 10.2 Å². The first kappa shape index (κ1) is 5.67. The van der Waals surface area contributed by atoms with Gasteiger partial charge in [-0.3, -0.25) is 10.2 Å². The Morgan fingerprint density at radius 1 is 1.80 bits per heavy atom.